The molecule has 31 heavy (non-hydrogen) atoms. The van der Waals surface area contributed by atoms with Crippen molar-refractivity contribution in [3.8, 4) is 23.0 Å². The Hall–Kier alpha value is -2.76. The van der Waals surface area contributed by atoms with Crippen LogP contribution in [0, 0.1) is 18.8 Å². The van der Waals surface area contributed by atoms with E-state index in [1.165, 1.54) is 0 Å². The lowest BCUT2D eigenvalue weighted by atomic mass is 9.99. The van der Waals surface area contributed by atoms with E-state index in [0.29, 0.717) is 37.7 Å². The van der Waals surface area contributed by atoms with E-state index >= 15 is 0 Å². The summed E-state index contributed by atoms with van der Waals surface area (Å²) in [5, 5.41) is 2.54. The zero-order valence-corrected chi connectivity index (χ0v) is 17.9. The summed E-state index contributed by atoms with van der Waals surface area (Å²) in [6.45, 7) is 7.46. The van der Waals surface area contributed by atoms with Gasteiger partial charge in [0, 0.05) is 18.8 Å². The minimum absolute atomic E-state index is 0.296. The Balaban J connectivity index is 2.03. The number of morpholine rings is 1. The number of nitrogens with zero attached hydrogens (tertiary/aromatic N) is 2. The maximum absolute atomic E-state index is 13.0. The first-order chi connectivity index (χ1) is 14.6. The first kappa shape index (κ1) is 22.9. The van der Waals surface area contributed by atoms with Gasteiger partial charge in [-0.15, -0.1) is 0 Å². The number of pyridine rings is 1. The topological polar surface area (TPSA) is 63.4 Å². The predicted octanol–water partition coefficient (Wildman–Crippen LogP) is 3.96. The molecule has 1 aromatic heterocycles. The Morgan fingerprint density at radius 3 is 2.52 bits per heavy atom. The van der Waals surface area contributed by atoms with Gasteiger partial charge in [-0.05, 0) is 67.6 Å². The molecule has 1 saturated heterocycles. The number of alkyl halides is 3. The number of hydrogen-bond donors (Lipinski definition) is 2. The summed E-state index contributed by atoms with van der Waals surface area (Å²) in [6, 6.07) is 7.04. The molecule has 0 aliphatic carbocycles. The van der Waals surface area contributed by atoms with Crippen LogP contribution in [0.25, 0.3) is 11.1 Å². The third kappa shape index (κ3) is 6.12. The van der Waals surface area contributed by atoms with Gasteiger partial charge in [0.05, 0.1) is 19.3 Å². The first-order valence-corrected chi connectivity index (χ1v) is 10.2. The monoisotopic (exact) mass is 432 g/mol. The van der Waals surface area contributed by atoms with Crippen LogP contribution < -0.4 is 16.0 Å². The maximum Gasteiger partial charge on any atom is 0.408 e. The van der Waals surface area contributed by atoms with E-state index in [9.17, 15) is 13.2 Å². The van der Waals surface area contributed by atoms with Gasteiger partial charge in [-0.1, -0.05) is 12.0 Å². The van der Waals surface area contributed by atoms with Crippen molar-refractivity contribution in [3.05, 3.63) is 41.6 Å². The van der Waals surface area contributed by atoms with Crippen molar-refractivity contribution >= 4 is 11.5 Å². The average molecular weight is 432 g/mol. The Morgan fingerprint density at radius 1 is 1.16 bits per heavy atom. The minimum atomic E-state index is -4.33. The van der Waals surface area contributed by atoms with E-state index in [1.807, 2.05) is 25.1 Å². The summed E-state index contributed by atoms with van der Waals surface area (Å²) in [4.78, 5) is 6.78. The minimum Gasteiger partial charge on any atom is -0.378 e. The highest BCUT2D eigenvalue weighted by Gasteiger charge is 2.35. The van der Waals surface area contributed by atoms with E-state index in [0.717, 1.165) is 29.4 Å². The molecular formula is C23H27F3N4O. The number of anilines is 2. The van der Waals surface area contributed by atoms with Crippen LogP contribution in [0.1, 0.15) is 25.1 Å². The maximum atomic E-state index is 13.0. The molecule has 166 valence electrons. The van der Waals surface area contributed by atoms with Crippen molar-refractivity contribution in [2.24, 2.45) is 5.73 Å². The molecule has 2 atom stereocenters. The Morgan fingerprint density at radius 2 is 1.87 bits per heavy atom. The number of ether oxygens (including phenoxy) is 1. The first-order valence-electron chi connectivity index (χ1n) is 10.2. The van der Waals surface area contributed by atoms with Crippen LogP contribution in [-0.4, -0.2) is 49.5 Å². The van der Waals surface area contributed by atoms with Crippen molar-refractivity contribution in [3.63, 3.8) is 0 Å². The second-order valence-corrected chi connectivity index (χ2v) is 7.69. The van der Waals surface area contributed by atoms with Crippen molar-refractivity contribution in [2.45, 2.75) is 39.0 Å². The third-order valence-electron chi connectivity index (χ3n) is 5.00. The van der Waals surface area contributed by atoms with Crippen LogP contribution in [0.4, 0.5) is 24.7 Å². The number of nitrogens with one attached hydrogen (secondary N) is 1. The fraction of sp³-hybridized carbons (Fsp3) is 0.435. The number of nitrogens with two attached hydrogens (primary N) is 1. The Kier molecular flexibility index (Phi) is 7.08. The normalized spacial score (nSPS) is 16.3. The molecule has 0 spiro atoms. The molecule has 5 nitrogen and oxygen atoms in total. The molecule has 8 heteroatoms. The number of hydrogen-bond acceptors (Lipinski definition) is 5. The fourth-order valence-corrected chi connectivity index (χ4v) is 3.23. The van der Waals surface area contributed by atoms with Crippen LogP contribution >= 0.6 is 0 Å². The van der Waals surface area contributed by atoms with Gasteiger partial charge >= 0.3 is 6.18 Å². The van der Waals surface area contributed by atoms with Crippen molar-refractivity contribution in [2.75, 3.05) is 36.5 Å². The lowest BCUT2D eigenvalue weighted by Crippen LogP contribution is -2.36. The third-order valence-corrected chi connectivity index (χ3v) is 5.00. The summed E-state index contributed by atoms with van der Waals surface area (Å²) < 4.78 is 44.4. The molecule has 1 aromatic carbocycles. The lowest BCUT2D eigenvalue weighted by Gasteiger charge is -2.28. The number of halogens is 3. The highest BCUT2D eigenvalue weighted by molar-refractivity contribution is 5.74. The molecule has 3 N–H and O–H groups in total. The molecule has 3 rings (SSSR count). The molecule has 0 amide bonds. The van der Waals surface area contributed by atoms with Gasteiger partial charge in [-0.3, -0.25) is 0 Å². The predicted molar refractivity (Wildman–Crippen MR) is 117 cm³/mol. The molecule has 1 aliphatic heterocycles. The molecular weight excluding hydrogens is 405 g/mol. The van der Waals surface area contributed by atoms with E-state index in [1.54, 1.807) is 19.1 Å². The van der Waals surface area contributed by atoms with Crippen LogP contribution in [0.5, 0.6) is 0 Å². The van der Waals surface area contributed by atoms with Crippen molar-refractivity contribution in [1.29, 1.82) is 0 Å². The average Bonchev–Trinajstić information content (AvgIpc) is 2.73. The smallest absolute Gasteiger partial charge is 0.378 e. The standard InChI is InChI=1S/C23H27F3N4O/c1-15-4-6-20(28-17(3)23(24,25)26)14-21(15)18-12-19(7-5-16(2)27)29-22(13-18)30-8-10-31-11-9-30/h4,6,12-14,16-17,28H,8-11,27H2,1-3H3/t16-,17?/m0/s1. The molecule has 1 fully saturated rings. The Labute approximate surface area is 180 Å². The molecule has 0 radical (unpaired) electrons. The van der Waals surface area contributed by atoms with E-state index in [-0.39, 0.29) is 6.04 Å². The highest BCUT2D eigenvalue weighted by Crippen LogP contribution is 2.31. The van der Waals surface area contributed by atoms with Gasteiger partial charge in [0.2, 0.25) is 0 Å². The Bertz CT molecular complexity index is 973. The summed E-state index contributed by atoms with van der Waals surface area (Å²) in [7, 11) is 0. The highest BCUT2D eigenvalue weighted by atomic mass is 19.4. The van der Waals surface area contributed by atoms with Crippen LogP contribution in [0.2, 0.25) is 0 Å². The molecule has 1 unspecified atom stereocenters. The summed E-state index contributed by atoms with van der Waals surface area (Å²) in [6.07, 6.45) is -4.33. The molecule has 2 aromatic rings. The van der Waals surface area contributed by atoms with Crippen molar-refractivity contribution in [1.82, 2.24) is 4.98 Å². The number of aromatic nitrogens is 1. The number of benzene rings is 1. The van der Waals surface area contributed by atoms with Crippen LogP contribution in [0.15, 0.2) is 30.3 Å². The van der Waals surface area contributed by atoms with E-state index < -0.39 is 12.2 Å². The molecule has 0 saturated carbocycles. The fourth-order valence-electron chi connectivity index (χ4n) is 3.23. The van der Waals surface area contributed by atoms with Gasteiger partial charge in [-0.25, -0.2) is 4.98 Å². The quantitative estimate of drug-likeness (QED) is 0.717. The van der Waals surface area contributed by atoms with Gasteiger partial charge < -0.3 is 20.7 Å². The SMILES string of the molecule is Cc1ccc(NC(C)C(F)(F)F)cc1-c1cc(C#C[C@H](C)N)nc(N2CCOCC2)c1. The molecule has 2 heterocycles. The summed E-state index contributed by atoms with van der Waals surface area (Å²) >= 11 is 0. The second kappa shape index (κ2) is 9.58. The summed E-state index contributed by atoms with van der Waals surface area (Å²) in [5.74, 6) is 6.70. The number of rotatable bonds is 4. The van der Waals surface area contributed by atoms with E-state index in [4.69, 9.17) is 10.5 Å². The zero-order valence-electron chi connectivity index (χ0n) is 17.9. The van der Waals surface area contributed by atoms with Gasteiger partial charge in [0.1, 0.15) is 17.6 Å². The zero-order chi connectivity index (χ0) is 22.6. The number of aryl methyl sites for hydroxylation is 1. The largest absolute Gasteiger partial charge is 0.408 e. The van der Waals surface area contributed by atoms with Gasteiger partial charge in [0.15, 0.2) is 0 Å². The second-order valence-electron chi connectivity index (χ2n) is 7.69. The molecule has 0 bridgehead atoms. The van der Waals surface area contributed by atoms with Crippen LogP contribution in [0.3, 0.4) is 0 Å². The van der Waals surface area contributed by atoms with Gasteiger partial charge in [-0.2, -0.15) is 13.2 Å². The summed E-state index contributed by atoms with van der Waals surface area (Å²) in [5.41, 5.74) is 9.33. The van der Waals surface area contributed by atoms with Crippen LogP contribution in [-0.2, 0) is 4.74 Å². The molecule has 1 aliphatic rings. The van der Waals surface area contributed by atoms with E-state index in [2.05, 4.69) is 27.0 Å². The van der Waals surface area contributed by atoms with Gasteiger partial charge in [0.25, 0.3) is 0 Å². The lowest BCUT2D eigenvalue weighted by molar-refractivity contribution is -0.138. The van der Waals surface area contributed by atoms with Crippen molar-refractivity contribution < 1.29 is 17.9 Å².